The van der Waals surface area contributed by atoms with Crippen LogP contribution >= 0.6 is 0 Å². The van der Waals surface area contributed by atoms with Gasteiger partial charge in [-0.05, 0) is 63.0 Å². The van der Waals surface area contributed by atoms with Crippen LogP contribution in [0.3, 0.4) is 0 Å². The van der Waals surface area contributed by atoms with Gasteiger partial charge in [-0.1, -0.05) is 6.92 Å². The summed E-state index contributed by atoms with van der Waals surface area (Å²) in [7, 11) is 3.71. The summed E-state index contributed by atoms with van der Waals surface area (Å²) >= 11 is 0. The smallest absolute Gasteiger partial charge is 0.321 e. The number of anilines is 2. The summed E-state index contributed by atoms with van der Waals surface area (Å²) < 4.78 is 5.29. The molecule has 2 saturated heterocycles. The van der Waals surface area contributed by atoms with Gasteiger partial charge in [-0.15, -0.1) is 0 Å². The van der Waals surface area contributed by atoms with Gasteiger partial charge in [-0.3, -0.25) is 4.79 Å². The zero-order valence-corrected chi connectivity index (χ0v) is 16.5. The summed E-state index contributed by atoms with van der Waals surface area (Å²) in [5.41, 5.74) is 1.50. The van der Waals surface area contributed by atoms with Crippen molar-refractivity contribution >= 4 is 23.3 Å². The van der Waals surface area contributed by atoms with E-state index in [9.17, 15) is 9.59 Å². The molecule has 0 atom stereocenters. The number of methoxy groups -OCH3 is 1. The lowest BCUT2D eigenvalue weighted by Crippen LogP contribution is -2.41. The lowest BCUT2D eigenvalue weighted by atomic mass is 9.78. The highest BCUT2D eigenvalue weighted by Crippen LogP contribution is 2.40. The Balaban J connectivity index is 1.64. The monoisotopic (exact) mass is 374 g/mol. The van der Waals surface area contributed by atoms with Crippen LogP contribution in [0.2, 0.25) is 0 Å². The Hall–Kier alpha value is -2.28. The number of hydrogen-bond acceptors (Lipinski definition) is 4. The molecule has 0 aromatic heterocycles. The van der Waals surface area contributed by atoms with Gasteiger partial charge in [0.05, 0.1) is 12.8 Å². The van der Waals surface area contributed by atoms with Crippen molar-refractivity contribution in [3.8, 4) is 5.75 Å². The Morgan fingerprint density at radius 2 is 1.85 bits per heavy atom. The van der Waals surface area contributed by atoms with Crippen molar-refractivity contribution in [2.75, 3.05) is 51.0 Å². The number of nitrogens with one attached hydrogen (secondary N) is 2. The number of carbonyl (C=O) groups is 2. The van der Waals surface area contributed by atoms with Crippen molar-refractivity contribution < 1.29 is 14.3 Å². The van der Waals surface area contributed by atoms with Crippen molar-refractivity contribution in [3.05, 3.63) is 18.2 Å². The summed E-state index contributed by atoms with van der Waals surface area (Å²) in [6, 6.07) is 5.21. The zero-order chi connectivity index (χ0) is 19.4. The molecule has 1 aromatic carbocycles. The van der Waals surface area contributed by atoms with Crippen LogP contribution in [0, 0.1) is 5.41 Å². The van der Waals surface area contributed by atoms with Crippen LogP contribution < -0.4 is 15.4 Å². The van der Waals surface area contributed by atoms with Crippen LogP contribution in [0.4, 0.5) is 16.2 Å². The minimum Gasteiger partial charge on any atom is -0.495 e. The fourth-order valence-corrected chi connectivity index (χ4v) is 3.93. The SMILES string of the molecule is CCC(=O)Nc1cc(NC(=O)N2CCC3(CCN(C)CC3)C2)ccc1OC. The number of ether oxygens (including phenoxy) is 1. The van der Waals surface area contributed by atoms with Gasteiger partial charge < -0.3 is 25.2 Å². The average Bonchev–Trinajstić information content (AvgIpc) is 3.09. The molecule has 2 aliphatic heterocycles. The van der Waals surface area contributed by atoms with E-state index in [-0.39, 0.29) is 17.4 Å². The summed E-state index contributed by atoms with van der Waals surface area (Å²) in [5.74, 6) is 0.474. The molecule has 27 heavy (non-hydrogen) atoms. The molecule has 3 rings (SSSR count). The summed E-state index contributed by atoms with van der Waals surface area (Å²) in [4.78, 5) is 28.7. The second kappa shape index (κ2) is 8.17. The summed E-state index contributed by atoms with van der Waals surface area (Å²) in [6.07, 6.45) is 3.77. The van der Waals surface area contributed by atoms with Crippen LogP contribution in [0.15, 0.2) is 18.2 Å². The molecule has 0 bridgehead atoms. The van der Waals surface area contributed by atoms with Gasteiger partial charge >= 0.3 is 6.03 Å². The number of rotatable bonds is 4. The predicted molar refractivity (Wildman–Crippen MR) is 106 cm³/mol. The molecular formula is C20H30N4O3. The molecule has 148 valence electrons. The van der Waals surface area contributed by atoms with E-state index in [1.165, 1.54) is 0 Å². The number of hydrogen-bond donors (Lipinski definition) is 2. The number of piperidine rings is 1. The molecule has 1 aromatic rings. The van der Waals surface area contributed by atoms with E-state index in [1.54, 1.807) is 32.2 Å². The molecule has 7 heteroatoms. The highest BCUT2D eigenvalue weighted by atomic mass is 16.5. The van der Waals surface area contributed by atoms with E-state index in [2.05, 4.69) is 22.6 Å². The van der Waals surface area contributed by atoms with Gasteiger partial charge in [0.1, 0.15) is 5.75 Å². The van der Waals surface area contributed by atoms with Crippen LogP contribution in [-0.4, -0.2) is 62.1 Å². The number of urea groups is 1. The first-order valence-electron chi connectivity index (χ1n) is 9.67. The molecule has 2 heterocycles. The molecule has 1 spiro atoms. The van der Waals surface area contributed by atoms with E-state index >= 15 is 0 Å². The Morgan fingerprint density at radius 3 is 2.52 bits per heavy atom. The maximum absolute atomic E-state index is 12.7. The van der Waals surface area contributed by atoms with E-state index in [0.29, 0.717) is 23.5 Å². The third-order valence-electron chi connectivity index (χ3n) is 5.82. The fourth-order valence-electron chi connectivity index (χ4n) is 3.93. The molecule has 2 fully saturated rings. The Kier molecular flexibility index (Phi) is 5.89. The minimum absolute atomic E-state index is 0.0799. The minimum atomic E-state index is -0.0967. The number of benzene rings is 1. The third-order valence-corrected chi connectivity index (χ3v) is 5.82. The standard InChI is InChI=1S/C20H30N4O3/c1-4-18(25)22-16-13-15(5-6-17(16)27-3)21-19(26)24-12-9-20(14-24)7-10-23(2)11-8-20/h5-6,13H,4,7-12,14H2,1-3H3,(H,21,26)(H,22,25). The molecule has 2 N–H and O–H groups in total. The second-order valence-electron chi connectivity index (χ2n) is 7.72. The highest BCUT2D eigenvalue weighted by Gasteiger charge is 2.41. The molecule has 0 radical (unpaired) electrons. The number of nitrogens with zero attached hydrogens (tertiary/aromatic N) is 2. The Labute approximate surface area is 161 Å². The molecule has 0 aliphatic carbocycles. The molecule has 3 amide bonds. The van der Waals surface area contributed by atoms with Gasteiger partial charge in [0, 0.05) is 25.2 Å². The summed E-state index contributed by atoms with van der Waals surface area (Å²) in [5, 5.41) is 5.78. The first kappa shape index (κ1) is 19.5. The normalized spacial score (nSPS) is 19.1. The Morgan fingerprint density at radius 1 is 1.15 bits per heavy atom. The van der Waals surface area contributed by atoms with Crippen molar-refractivity contribution in [2.45, 2.75) is 32.6 Å². The van der Waals surface area contributed by atoms with Crippen LogP contribution in [0.5, 0.6) is 5.75 Å². The largest absolute Gasteiger partial charge is 0.495 e. The van der Waals surface area contributed by atoms with Crippen molar-refractivity contribution in [3.63, 3.8) is 0 Å². The first-order valence-corrected chi connectivity index (χ1v) is 9.67. The molecule has 0 unspecified atom stereocenters. The van der Waals surface area contributed by atoms with Crippen molar-refractivity contribution in [2.24, 2.45) is 5.41 Å². The average molecular weight is 374 g/mol. The van der Waals surface area contributed by atoms with E-state index in [1.807, 2.05) is 4.90 Å². The summed E-state index contributed by atoms with van der Waals surface area (Å²) in [6.45, 7) is 5.62. The lowest BCUT2D eigenvalue weighted by Gasteiger charge is -2.37. The van der Waals surface area contributed by atoms with Crippen LogP contribution in [0.1, 0.15) is 32.6 Å². The van der Waals surface area contributed by atoms with E-state index < -0.39 is 0 Å². The Bertz CT molecular complexity index is 698. The maximum atomic E-state index is 12.7. The molecule has 2 aliphatic rings. The highest BCUT2D eigenvalue weighted by molar-refractivity contribution is 5.95. The topological polar surface area (TPSA) is 73.9 Å². The lowest BCUT2D eigenvalue weighted by molar-refractivity contribution is -0.115. The van der Waals surface area contributed by atoms with Crippen molar-refractivity contribution in [1.29, 1.82) is 0 Å². The second-order valence-corrected chi connectivity index (χ2v) is 7.72. The fraction of sp³-hybridized carbons (Fsp3) is 0.600. The number of likely N-dealkylation sites (tertiary alicyclic amines) is 2. The quantitative estimate of drug-likeness (QED) is 0.850. The van der Waals surface area contributed by atoms with Crippen LogP contribution in [0.25, 0.3) is 0 Å². The van der Waals surface area contributed by atoms with Gasteiger partial charge in [0.15, 0.2) is 0 Å². The van der Waals surface area contributed by atoms with Gasteiger partial charge in [0.2, 0.25) is 5.91 Å². The van der Waals surface area contributed by atoms with Crippen molar-refractivity contribution in [1.82, 2.24) is 9.80 Å². The predicted octanol–water partition coefficient (Wildman–Crippen LogP) is 2.99. The first-order chi connectivity index (χ1) is 12.9. The van der Waals surface area contributed by atoms with E-state index in [0.717, 1.165) is 45.4 Å². The van der Waals surface area contributed by atoms with Crippen LogP contribution in [-0.2, 0) is 4.79 Å². The third kappa shape index (κ3) is 4.53. The van der Waals surface area contributed by atoms with E-state index in [4.69, 9.17) is 4.74 Å². The maximum Gasteiger partial charge on any atom is 0.321 e. The number of carbonyl (C=O) groups excluding carboxylic acids is 2. The zero-order valence-electron chi connectivity index (χ0n) is 16.5. The van der Waals surface area contributed by atoms with Gasteiger partial charge in [-0.25, -0.2) is 4.79 Å². The van der Waals surface area contributed by atoms with Gasteiger partial charge in [0.25, 0.3) is 0 Å². The van der Waals surface area contributed by atoms with Gasteiger partial charge in [-0.2, -0.15) is 0 Å². The number of amides is 3. The molecule has 7 nitrogen and oxygen atoms in total. The molecule has 0 saturated carbocycles. The molecular weight excluding hydrogens is 344 g/mol.